The van der Waals surface area contributed by atoms with E-state index in [2.05, 4.69) is 21.4 Å². The molecule has 1 aliphatic heterocycles. The highest BCUT2D eigenvalue weighted by Gasteiger charge is 2.22. The molecule has 1 amide bonds. The fourth-order valence-electron chi connectivity index (χ4n) is 3.34. The van der Waals surface area contributed by atoms with Gasteiger partial charge in [-0.3, -0.25) is 9.78 Å². The fraction of sp³-hybridized carbons (Fsp3) is 0.263. The van der Waals surface area contributed by atoms with Gasteiger partial charge in [-0.2, -0.15) is 0 Å². The lowest BCUT2D eigenvalue weighted by Crippen LogP contribution is -2.33. The molecule has 3 heterocycles. The van der Waals surface area contributed by atoms with Gasteiger partial charge in [0.25, 0.3) is 5.91 Å². The number of amides is 1. The van der Waals surface area contributed by atoms with Gasteiger partial charge in [-0.15, -0.1) is 5.10 Å². The molecular weight excluding hydrogens is 330 g/mol. The lowest BCUT2D eigenvalue weighted by atomic mass is 10.0. The van der Waals surface area contributed by atoms with Gasteiger partial charge in [0.2, 0.25) is 0 Å². The van der Waals surface area contributed by atoms with Crippen LogP contribution in [0.5, 0.6) is 5.75 Å². The first kappa shape index (κ1) is 16.3. The number of fused-ring (bicyclic) bond motifs is 1. The third kappa shape index (κ3) is 3.03. The van der Waals surface area contributed by atoms with E-state index >= 15 is 0 Å². The van der Waals surface area contributed by atoms with E-state index in [4.69, 9.17) is 4.74 Å². The molecule has 0 saturated heterocycles. The average Bonchev–Trinajstić information content (AvgIpc) is 3.14. The third-order valence-electron chi connectivity index (χ3n) is 4.68. The number of benzene rings is 1. The van der Waals surface area contributed by atoms with Gasteiger partial charge < -0.3 is 9.64 Å². The van der Waals surface area contributed by atoms with Gasteiger partial charge in [0.15, 0.2) is 0 Å². The minimum Gasteiger partial charge on any atom is -0.496 e. The molecule has 7 heteroatoms. The second-order valence-electron chi connectivity index (χ2n) is 6.17. The van der Waals surface area contributed by atoms with Crippen molar-refractivity contribution in [2.45, 2.75) is 12.8 Å². The van der Waals surface area contributed by atoms with Crippen molar-refractivity contribution >= 4 is 5.91 Å². The lowest BCUT2D eigenvalue weighted by molar-refractivity contribution is 0.0762. The molecule has 0 saturated carbocycles. The zero-order valence-corrected chi connectivity index (χ0v) is 14.5. The van der Waals surface area contributed by atoms with Gasteiger partial charge in [0, 0.05) is 19.3 Å². The predicted octanol–water partition coefficient (Wildman–Crippen LogP) is 1.91. The Morgan fingerprint density at radius 3 is 2.88 bits per heavy atom. The Balaban J connectivity index is 1.56. The summed E-state index contributed by atoms with van der Waals surface area (Å²) in [5.74, 6) is 0.873. The first-order valence-corrected chi connectivity index (χ1v) is 8.52. The van der Waals surface area contributed by atoms with E-state index in [0.29, 0.717) is 24.3 Å². The molecule has 1 aromatic carbocycles. The molecule has 0 radical (unpaired) electrons. The van der Waals surface area contributed by atoms with E-state index in [1.165, 1.54) is 11.1 Å². The van der Waals surface area contributed by atoms with E-state index in [1.54, 1.807) is 42.6 Å². The van der Waals surface area contributed by atoms with E-state index in [-0.39, 0.29) is 5.91 Å². The molecule has 0 bridgehead atoms. The molecule has 0 N–H and O–H groups in total. The van der Waals surface area contributed by atoms with Crippen LogP contribution in [-0.4, -0.2) is 51.0 Å². The summed E-state index contributed by atoms with van der Waals surface area (Å²) in [6, 6.07) is 7.88. The van der Waals surface area contributed by atoms with E-state index < -0.39 is 0 Å². The number of hydrogen-bond donors (Lipinski definition) is 0. The molecule has 0 fully saturated rings. The minimum absolute atomic E-state index is 0.0220. The summed E-state index contributed by atoms with van der Waals surface area (Å²) in [6.45, 7) is 1.33. The van der Waals surface area contributed by atoms with Crippen LogP contribution in [0.4, 0.5) is 0 Å². The number of carbonyl (C=O) groups is 1. The van der Waals surface area contributed by atoms with E-state index in [9.17, 15) is 4.79 Å². The molecule has 4 rings (SSSR count). The Morgan fingerprint density at radius 2 is 2.08 bits per heavy atom. The zero-order chi connectivity index (χ0) is 17.9. The second-order valence-corrected chi connectivity index (χ2v) is 6.17. The molecule has 1 aliphatic rings. The summed E-state index contributed by atoms with van der Waals surface area (Å²) in [5, 5.41) is 7.74. The molecule has 0 aliphatic carbocycles. The molecule has 26 heavy (non-hydrogen) atoms. The first-order valence-electron chi connectivity index (χ1n) is 8.52. The van der Waals surface area contributed by atoms with Crippen molar-refractivity contribution in [2.24, 2.45) is 0 Å². The predicted molar refractivity (Wildman–Crippen MR) is 95.5 cm³/mol. The van der Waals surface area contributed by atoms with Crippen molar-refractivity contribution in [3.05, 3.63) is 65.7 Å². The zero-order valence-electron chi connectivity index (χ0n) is 14.5. The highest BCUT2D eigenvalue weighted by Crippen LogP contribution is 2.26. The summed E-state index contributed by atoms with van der Waals surface area (Å²) in [4.78, 5) is 19.1. The van der Waals surface area contributed by atoms with Crippen LogP contribution >= 0.6 is 0 Å². The van der Waals surface area contributed by atoms with Crippen molar-refractivity contribution in [1.29, 1.82) is 0 Å². The quantitative estimate of drug-likeness (QED) is 0.722. The topological polar surface area (TPSA) is 73.1 Å². The number of hydrogen-bond acceptors (Lipinski definition) is 5. The number of nitrogens with zero attached hydrogens (tertiary/aromatic N) is 5. The highest BCUT2D eigenvalue weighted by molar-refractivity contribution is 5.94. The molecule has 2 aromatic heterocycles. The Kier molecular flexibility index (Phi) is 4.35. The minimum atomic E-state index is -0.0220. The van der Waals surface area contributed by atoms with E-state index in [0.717, 1.165) is 18.6 Å². The maximum atomic E-state index is 13.0. The van der Waals surface area contributed by atoms with Crippen molar-refractivity contribution in [3.8, 4) is 11.4 Å². The maximum absolute atomic E-state index is 13.0. The van der Waals surface area contributed by atoms with Crippen molar-refractivity contribution in [3.63, 3.8) is 0 Å². The van der Waals surface area contributed by atoms with Crippen LogP contribution in [0.25, 0.3) is 5.69 Å². The smallest absolute Gasteiger partial charge is 0.255 e. The highest BCUT2D eigenvalue weighted by atomic mass is 16.5. The Labute approximate surface area is 151 Å². The number of ether oxygens (including phenoxy) is 1. The largest absolute Gasteiger partial charge is 0.496 e. The number of rotatable bonds is 3. The van der Waals surface area contributed by atoms with Crippen molar-refractivity contribution in [2.75, 3.05) is 20.2 Å². The summed E-state index contributed by atoms with van der Waals surface area (Å²) >= 11 is 0. The summed E-state index contributed by atoms with van der Waals surface area (Å²) in [7, 11) is 1.69. The van der Waals surface area contributed by atoms with Gasteiger partial charge in [-0.25, -0.2) is 4.68 Å². The van der Waals surface area contributed by atoms with Gasteiger partial charge in [-0.1, -0.05) is 17.3 Å². The van der Waals surface area contributed by atoms with Gasteiger partial charge >= 0.3 is 0 Å². The summed E-state index contributed by atoms with van der Waals surface area (Å²) in [6.07, 6.45) is 8.17. The van der Waals surface area contributed by atoms with Crippen LogP contribution in [-0.2, 0) is 12.8 Å². The monoisotopic (exact) mass is 349 g/mol. The molecule has 132 valence electrons. The van der Waals surface area contributed by atoms with Crippen LogP contribution in [0.2, 0.25) is 0 Å². The third-order valence-corrected chi connectivity index (χ3v) is 4.68. The second kappa shape index (κ2) is 6.95. The average molecular weight is 349 g/mol. The maximum Gasteiger partial charge on any atom is 0.255 e. The van der Waals surface area contributed by atoms with Gasteiger partial charge in [0.05, 0.1) is 37.0 Å². The fourth-order valence-corrected chi connectivity index (χ4v) is 3.34. The SMILES string of the molecule is COc1cccc2c1CCN(C(=O)c1cncc(-n3ccnn3)c1)CC2. The molecule has 0 atom stereocenters. The molecular formula is C19H19N5O2. The lowest BCUT2D eigenvalue weighted by Gasteiger charge is -2.20. The summed E-state index contributed by atoms with van der Waals surface area (Å²) in [5.41, 5.74) is 3.71. The van der Waals surface area contributed by atoms with Crippen molar-refractivity contribution < 1.29 is 9.53 Å². The van der Waals surface area contributed by atoms with Gasteiger partial charge in [0.1, 0.15) is 5.75 Å². The van der Waals surface area contributed by atoms with Crippen LogP contribution in [0, 0.1) is 0 Å². The molecule has 0 unspecified atom stereocenters. The summed E-state index contributed by atoms with van der Waals surface area (Å²) < 4.78 is 7.07. The molecule has 3 aromatic rings. The normalized spacial score (nSPS) is 13.8. The molecule has 7 nitrogen and oxygen atoms in total. The molecule has 0 spiro atoms. The van der Waals surface area contributed by atoms with Crippen LogP contribution in [0.15, 0.2) is 49.1 Å². The van der Waals surface area contributed by atoms with Gasteiger partial charge in [-0.05, 0) is 36.1 Å². The van der Waals surface area contributed by atoms with E-state index in [1.807, 2.05) is 17.0 Å². The number of methoxy groups -OCH3 is 1. The Morgan fingerprint density at radius 1 is 1.19 bits per heavy atom. The standard InChI is InChI=1S/C19H19N5O2/c1-26-18-4-2-3-14-5-8-23(9-6-17(14)18)19(25)15-11-16(13-20-12-15)24-10-7-21-22-24/h2-4,7,10-13H,5-6,8-9H2,1H3. The Bertz CT molecular complexity index is 923. The van der Waals surface area contributed by atoms with Crippen molar-refractivity contribution in [1.82, 2.24) is 24.9 Å². The van der Waals surface area contributed by atoms with Crippen LogP contribution < -0.4 is 4.74 Å². The Hall–Kier alpha value is -3.22. The number of aromatic nitrogens is 4. The number of pyridine rings is 1. The van der Waals surface area contributed by atoms with Crippen LogP contribution in [0.3, 0.4) is 0 Å². The van der Waals surface area contributed by atoms with Crippen LogP contribution in [0.1, 0.15) is 21.5 Å². The number of carbonyl (C=O) groups excluding carboxylic acids is 1. The first-order chi connectivity index (χ1) is 12.8.